The third-order valence-electron chi connectivity index (χ3n) is 2.47. The normalized spacial score (nSPS) is 41.5. The lowest BCUT2D eigenvalue weighted by atomic mass is 10.00. The van der Waals surface area contributed by atoms with E-state index in [-0.39, 0.29) is 5.60 Å². The van der Waals surface area contributed by atoms with Gasteiger partial charge in [-0.25, -0.2) is 9.78 Å². The number of methoxy groups -OCH3 is 1. The van der Waals surface area contributed by atoms with E-state index in [4.69, 9.17) is 14.5 Å². The van der Waals surface area contributed by atoms with Gasteiger partial charge in [0.25, 0.3) is 0 Å². The van der Waals surface area contributed by atoms with Crippen LogP contribution in [0.2, 0.25) is 0 Å². The molecule has 0 amide bonds. The van der Waals surface area contributed by atoms with Crippen molar-refractivity contribution in [3.05, 3.63) is 0 Å². The summed E-state index contributed by atoms with van der Waals surface area (Å²) in [6.45, 7) is 3.93. The van der Waals surface area contributed by atoms with Crippen LogP contribution in [0.5, 0.6) is 0 Å². The van der Waals surface area contributed by atoms with E-state index < -0.39 is 5.79 Å². The van der Waals surface area contributed by atoms with E-state index in [1.807, 2.05) is 13.8 Å². The highest BCUT2D eigenvalue weighted by atomic mass is 79.9. The van der Waals surface area contributed by atoms with Gasteiger partial charge in [-0.05, 0) is 26.7 Å². The standard InChI is InChI=1S/C9H17BrO3/c1-8(7-10)5-4-6-9(2,11-3)13-12-8/h4-7H2,1-3H3. The maximum Gasteiger partial charge on any atom is 0.198 e. The second kappa shape index (κ2) is 4.26. The minimum absolute atomic E-state index is 0.226. The molecule has 1 fully saturated rings. The Hall–Kier alpha value is 0.360. The molecular weight excluding hydrogens is 236 g/mol. The molecule has 1 aliphatic rings. The van der Waals surface area contributed by atoms with Crippen LogP contribution in [-0.2, 0) is 14.5 Å². The van der Waals surface area contributed by atoms with Crippen molar-refractivity contribution in [2.75, 3.05) is 12.4 Å². The van der Waals surface area contributed by atoms with Gasteiger partial charge in [-0.1, -0.05) is 15.9 Å². The van der Waals surface area contributed by atoms with Gasteiger partial charge in [0, 0.05) is 18.9 Å². The second-order valence-corrected chi connectivity index (χ2v) is 4.50. The molecule has 3 nitrogen and oxygen atoms in total. The number of rotatable bonds is 2. The van der Waals surface area contributed by atoms with Crippen molar-refractivity contribution >= 4 is 15.9 Å². The SMILES string of the molecule is COC1(C)CCCC(C)(CBr)OO1. The van der Waals surface area contributed by atoms with Gasteiger partial charge >= 0.3 is 0 Å². The molecule has 0 radical (unpaired) electrons. The monoisotopic (exact) mass is 252 g/mol. The largest absolute Gasteiger partial charge is 0.351 e. The van der Waals surface area contributed by atoms with Crippen molar-refractivity contribution in [1.29, 1.82) is 0 Å². The minimum Gasteiger partial charge on any atom is -0.351 e. The van der Waals surface area contributed by atoms with Crippen molar-refractivity contribution in [1.82, 2.24) is 0 Å². The summed E-state index contributed by atoms with van der Waals surface area (Å²) in [5.74, 6) is -0.583. The lowest BCUT2D eigenvalue weighted by molar-refractivity contribution is -0.445. The number of hydrogen-bond acceptors (Lipinski definition) is 3. The Morgan fingerprint density at radius 1 is 1.31 bits per heavy atom. The molecule has 13 heavy (non-hydrogen) atoms. The molecule has 0 N–H and O–H groups in total. The fourth-order valence-corrected chi connectivity index (χ4v) is 1.65. The van der Waals surface area contributed by atoms with E-state index in [1.165, 1.54) is 0 Å². The van der Waals surface area contributed by atoms with Crippen LogP contribution < -0.4 is 0 Å². The van der Waals surface area contributed by atoms with Crippen molar-refractivity contribution in [3.63, 3.8) is 0 Å². The minimum atomic E-state index is -0.583. The first-order valence-electron chi connectivity index (χ1n) is 4.52. The molecule has 1 heterocycles. The molecule has 78 valence electrons. The first-order valence-corrected chi connectivity index (χ1v) is 5.64. The fourth-order valence-electron chi connectivity index (χ4n) is 1.28. The van der Waals surface area contributed by atoms with E-state index >= 15 is 0 Å². The maximum absolute atomic E-state index is 5.37. The predicted molar refractivity (Wildman–Crippen MR) is 53.6 cm³/mol. The molecule has 4 heteroatoms. The first-order chi connectivity index (χ1) is 6.04. The van der Waals surface area contributed by atoms with Crippen LogP contribution in [0, 0.1) is 0 Å². The van der Waals surface area contributed by atoms with Crippen molar-refractivity contribution in [2.45, 2.75) is 44.5 Å². The van der Waals surface area contributed by atoms with Gasteiger partial charge in [0.15, 0.2) is 5.79 Å². The summed E-state index contributed by atoms with van der Waals surface area (Å²) >= 11 is 3.42. The molecule has 0 aliphatic carbocycles. The Balaban J connectivity index is 2.58. The molecule has 0 aromatic carbocycles. The average Bonchev–Trinajstić information content (AvgIpc) is 2.29. The van der Waals surface area contributed by atoms with Gasteiger partial charge in [0.1, 0.15) is 5.60 Å². The molecule has 1 rings (SSSR count). The van der Waals surface area contributed by atoms with Crippen LogP contribution in [0.3, 0.4) is 0 Å². The number of halogens is 1. The molecule has 2 unspecified atom stereocenters. The van der Waals surface area contributed by atoms with E-state index in [9.17, 15) is 0 Å². The van der Waals surface area contributed by atoms with Gasteiger partial charge in [-0.2, -0.15) is 0 Å². The summed E-state index contributed by atoms with van der Waals surface area (Å²) in [7, 11) is 1.64. The Morgan fingerprint density at radius 2 is 2.00 bits per heavy atom. The van der Waals surface area contributed by atoms with Crippen LogP contribution in [0.15, 0.2) is 0 Å². The summed E-state index contributed by atoms with van der Waals surface area (Å²) in [4.78, 5) is 10.7. The molecule has 0 bridgehead atoms. The molecule has 0 aromatic rings. The van der Waals surface area contributed by atoms with Gasteiger partial charge in [-0.15, -0.1) is 0 Å². The smallest absolute Gasteiger partial charge is 0.198 e. The third-order valence-corrected chi connectivity index (χ3v) is 3.66. The van der Waals surface area contributed by atoms with Gasteiger partial charge < -0.3 is 4.74 Å². The fraction of sp³-hybridized carbons (Fsp3) is 1.00. The molecule has 0 saturated carbocycles. The third kappa shape index (κ3) is 2.91. The van der Waals surface area contributed by atoms with Crippen LogP contribution in [0.1, 0.15) is 33.1 Å². The highest BCUT2D eigenvalue weighted by Gasteiger charge is 2.36. The zero-order chi connectivity index (χ0) is 9.95. The Labute approximate surface area is 87.8 Å². The Morgan fingerprint density at radius 3 is 2.54 bits per heavy atom. The van der Waals surface area contributed by atoms with E-state index in [0.717, 1.165) is 24.6 Å². The molecular formula is C9H17BrO3. The van der Waals surface area contributed by atoms with Crippen molar-refractivity contribution in [3.8, 4) is 0 Å². The van der Waals surface area contributed by atoms with Gasteiger partial charge in [0.2, 0.25) is 0 Å². The zero-order valence-electron chi connectivity index (χ0n) is 8.43. The highest BCUT2D eigenvalue weighted by molar-refractivity contribution is 9.09. The average molecular weight is 253 g/mol. The van der Waals surface area contributed by atoms with Crippen molar-refractivity contribution in [2.24, 2.45) is 0 Å². The Bertz CT molecular complexity index is 158. The van der Waals surface area contributed by atoms with Crippen LogP contribution in [0.4, 0.5) is 0 Å². The van der Waals surface area contributed by atoms with E-state index in [1.54, 1.807) is 7.11 Å². The summed E-state index contributed by atoms with van der Waals surface area (Å²) < 4.78 is 5.23. The Kier molecular flexibility index (Phi) is 3.74. The van der Waals surface area contributed by atoms with Gasteiger partial charge in [0.05, 0.1) is 0 Å². The number of ether oxygens (including phenoxy) is 1. The summed E-state index contributed by atoms with van der Waals surface area (Å²) in [6, 6.07) is 0. The van der Waals surface area contributed by atoms with E-state index in [0.29, 0.717) is 0 Å². The summed E-state index contributed by atoms with van der Waals surface area (Å²) in [6.07, 6.45) is 2.90. The zero-order valence-corrected chi connectivity index (χ0v) is 10.0. The quantitative estimate of drug-likeness (QED) is 0.559. The first kappa shape index (κ1) is 11.4. The topological polar surface area (TPSA) is 27.7 Å². The molecule has 1 aliphatic heterocycles. The van der Waals surface area contributed by atoms with E-state index in [2.05, 4.69) is 15.9 Å². The molecule has 2 atom stereocenters. The number of alkyl halides is 1. The molecule has 0 aromatic heterocycles. The summed E-state index contributed by atoms with van der Waals surface area (Å²) in [5, 5.41) is 0.778. The van der Waals surface area contributed by atoms with Gasteiger partial charge in [-0.3, -0.25) is 0 Å². The van der Waals surface area contributed by atoms with Crippen LogP contribution >= 0.6 is 15.9 Å². The summed E-state index contributed by atoms with van der Waals surface area (Å²) in [5.41, 5.74) is -0.226. The van der Waals surface area contributed by atoms with Crippen LogP contribution in [-0.4, -0.2) is 23.8 Å². The lowest BCUT2D eigenvalue weighted by Gasteiger charge is -2.27. The molecule has 1 saturated heterocycles. The number of hydrogen-bond donors (Lipinski definition) is 0. The predicted octanol–water partition coefficient (Wildman–Crippen LogP) is 2.63. The highest BCUT2D eigenvalue weighted by Crippen LogP contribution is 2.32. The molecule has 0 spiro atoms. The van der Waals surface area contributed by atoms with Crippen molar-refractivity contribution < 1.29 is 14.5 Å². The maximum atomic E-state index is 5.37. The second-order valence-electron chi connectivity index (χ2n) is 3.94. The lowest BCUT2D eigenvalue weighted by Crippen LogP contribution is -2.34. The van der Waals surface area contributed by atoms with Crippen LogP contribution in [0.25, 0.3) is 0 Å².